The van der Waals surface area contributed by atoms with E-state index in [1.165, 1.54) is 0 Å². The van der Waals surface area contributed by atoms with Gasteiger partial charge in [-0.2, -0.15) is 0 Å². The summed E-state index contributed by atoms with van der Waals surface area (Å²) in [5.74, 6) is 1.15. The van der Waals surface area contributed by atoms with Gasteiger partial charge in [0.15, 0.2) is 0 Å². The van der Waals surface area contributed by atoms with Gasteiger partial charge in [-0.1, -0.05) is 38.3 Å². The predicted molar refractivity (Wildman–Crippen MR) is 131 cm³/mol. The molecule has 2 heterocycles. The predicted octanol–water partition coefficient (Wildman–Crippen LogP) is 4.09. The number of fused-ring (bicyclic) bond motifs is 1. The Morgan fingerprint density at radius 3 is 2.91 bits per heavy atom. The quantitative estimate of drug-likeness (QED) is 0.682. The van der Waals surface area contributed by atoms with Crippen LogP contribution in [0, 0.1) is 5.92 Å². The zero-order valence-electron chi connectivity index (χ0n) is 19.4. The van der Waals surface area contributed by atoms with Crippen molar-refractivity contribution in [2.24, 2.45) is 5.92 Å². The minimum Gasteiger partial charge on any atom is -0.388 e. The van der Waals surface area contributed by atoms with E-state index in [1.54, 1.807) is 6.07 Å². The van der Waals surface area contributed by atoms with Crippen LogP contribution in [0.5, 0.6) is 0 Å². The summed E-state index contributed by atoms with van der Waals surface area (Å²) in [6, 6.07) is 8.09. The van der Waals surface area contributed by atoms with E-state index < -0.39 is 5.60 Å². The standard InChI is InChI=1S/C25H35ClN4O2/c1-4-29(3)18-11-13-30(15-18)22-10-7-19-21(28-22)9-8-20(26)23(19)24(31)27-16-25(32)12-5-6-17(2)14-25/h7-10,17-18,32H,4-6,11-16H2,1-3H3,(H,27,31)/t17-,18?,25-/m1/s1. The van der Waals surface area contributed by atoms with E-state index >= 15 is 0 Å². The molecule has 1 saturated carbocycles. The van der Waals surface area contributed by atoms with Crippen molar-refractivity contribution in [3.63, 3.8) is 0 Å². The third kappa shape index (κ3) is 4.87. The van der Waals surface area contributed by atoms with Crippen LogP contribution >= 0.6 is 11.6 Å². The van der Waals surface area contributed by atoms with E-state index in [0.717, 1.165) is 62.0 Å². The van der Waals surface area contributed by atoms with Gasteiger partial charge in [-0.25, -0.2) is 4.98 Å². The number of benzene rings is 1. The Labute approximate surface area is 195 Å². The van der Waals surface area contributed by atoms with Crippen LogP contribution in [0.15, 0.2) is 24.3 Å². The molecule has 174 valence electrons. The third-order valence-corrected chi connectivity index (χ3v) is 7.60. The van der Waals surface area contributed by atoms with Crippen molar-refractivity contribution in [1.29, 1.82) is 0 Å². The van der Waals surface area contributed by atoms with Crippen LogP contribution in [0.4, 0.5) is 5.82 Å². The monoisotopic (exact) mass is 458 g/mol. The summed E-state index contributed by atoms with van der Waals surface area (Å²) in [4.78, 5) is 22.6. The summed E-state index contributed by atoms with van der Waals surface area (Å²) in [7, 11) is 2.17. The molecule has 1 unspecified atom stereocenters. The first-order valence-corrected chi connectivity index (χ1v) is 12.2. The number of halogens is 1. The summed E-state index contributed by atoms with van der Waals surface area (Å²) < 4.78 is 0. The normalized spacial score (nSPS) is 26.1. The first-order chi connectivity index (χ1) is 15.3. The van der Waals surface area contributed by atoms with Gasteiger partial charge in [-0.3, -0.25) is 4.79 Å². The molecule has 0 bridgehead atoms. The van der Waals surface area contributed by atoms with Gasteiger partial charge in [0.25, 0.3) is 5.91 Å². The summed E-state index contributed by atoms with van der Waals surface area (Å²) in [6.45, 7) is 7.55. The lowest BCUT2D eigenvalue weighted by atomic mass is 9.79. The van der Waals surface area contributed by atoms with Crippen LogP contribution in [-0.2, 0) is 0 Å². The highest BCUT2D eigenvalue weighted by Gasteiger charge is 2.33. The first kappa shape index (κ1) is 23.3. The fourth-order valence-electron chi connectivity index (χ4n) is 5.27. The first-order valence-electron chi connectivity index (χ1n) is 11.8. The van der Waals surface area contributed by atoms with Gasteiger partial charge in [0.2, 0.25) is 0 Å². The van der Waals surface area contributed by atoms with Crippen LogP contribution in [-0.4, -0.2) is 65.8 Å². The van der Waals surface area contributed by atoms with Crippen molar-refractivity contribution < 1.29 is 9.90 Å². The molecule has 1 aliphatic heterocycles. The van der Waals surface area contributed by atoms with Gasteiger partial charge in [0.05, 0.1) is 21.7 Å². The molecular weight excluding hydrogens is 424 g/mol. The SMILES string of the molecule is CCN(C)C1CCN(c2ccc3c(C(=O)NC[C@@]4(O)CCC[C@@H](C)C4)c(Cl)ccc3n2)C1. The van der Waals surface area contributed by atoms with Crippen LogP contribution < -0.4 is 10.2 Å². The van der Waals surface area contributed by atoms with Crippen molar-refractivity contribution in [2.45, 2.75) is 57.6 Å². The number of hydrogen-bond donors (Lipinski definition) is 2. The maximum Gasteiger partial charge on any atom is 0.253 e. The number of nitrogens with one attached hydrogen (secondary N) is 1. The summed E-state index contributed by atoms with van der Waals surface area (Å²) in [5.41, 5.74) is 0.350. The van der Waals surface area contributed by atoms with E-state index in [2.05, 4.69) is 36.0 Å². The van der Waals surface area contributed by atoms with Crippen LogP contribution in [0.2, 0.25) is 5.02 Å². The number of pyridine rings is 1. The van der Waals surface area contributed by atoms with Gasteiger partial charge in [-0.15, -0.1) is 0 Å². The smallest absolute Gasteiger partial charge is 0.253 e. The van der Waals surface area contributed by atoms with Crippen molar-refractivity contribution in [1.82, 2.24) is 15.2 Å². The Morgan fingerprint density at radius 2 is 2.16 bits per heavy atom. The second-order valence-corrected chi connectivity index (χ2v) is 10.1. The second kappa shape index (κ2) is 9.54. The van der Waals surface area contributed by atoms with E-state index in [4.69, 9.17) is 16.6 Å². The van der Waals surface area contributed by atoms with Crippen molar-refractivity contribution in [3.8, 4) is 0 Å². The number of hydrogen-bond acceptors (Lipinski definition) is 5. The topological polar surface area (TPSA) is 68.7 Å². The molecule has 2 fully saturated rings. The van der Waals surface area contributed by atoms with Gasteiger partial charge >= 0.3 is 0 Å². The Hall–Kier alpha value is -1.89. The van der Waals surface area contributed by atoms with Crippen molar-refractivity contribution in [3.05, 3.63) is 34.9 Å². The molecule has 6 nitrogen and oxygen atoms in total. The highest BCUT2D eigenvalue weighted by atomic mass is 35.5. The molecule has 7 heteroatoms. The second-order valence-electron chi connectivity index (χ2n) is 9.73. The van der Waals surface area contributed by atoms with Gasteiger partial charge in [0.1, 0.15) is 5.82 Å². The Morgan fingerprint density at radius 1 is 1.34 bits per heavy atom. The molecule has 1 aliphatic carbocycles. The highest BCUT2D eigenvalue weighted by Crippen LogP contribution is 2.32. The molecule has 0 spiro atoms. The van der Waals surface area contributed by atoms with E-state index in [-0.39, 0.29) is 12.5 Å². The van der Waals surface area contributed by atoms with Gasteiger partial charge in [-0.05, 0) is 63.0 Å². The van der Waals surface area contributed by atoms with Crippen LogP contribution in [0.1, 0.15) is 56.3 Å². The lowest BCUT2D eigenvalue weighted by Crippen LogP contribution is -2.45. The molecule has 1 amide bonds. The number of likely N-dealkylation sites (N-methyl/N-ethyl adjacent to an activating group) is 1. The molecule has 2 N–H and O–H groups in total. The fraction of sp³-hybridized carbons (Fsp3) is 0.600. The molecule has 1 saturated heterocycles. The molecular formula is C25H35ClN4O2. The van der Waals surface area contributed by atoms with Crippen molar-refractivity contribution >= 4 is 34.2 Å². The number of rotatable bonds is 6. The fourth-order valence-corrected chi connectivity index (χ4v) is 5.52. The van der Waals surface area contributed by atoms with Gasteiger partial charge < -0.3 is 20.2 Å². The Balaban J connectivity index is 1.52. The molecule has 32 heavy (non-hydrogen) atoms. The van der Waals surface area contributed by atoms with E-state index in [1.807, 2.05) is 18.2 Å². The van der Waals surface area contributed by atoms with Crippen molar-refractivity contribution in [2.75, 3.05) is 38.1 Å². The maximum atomic E-state index is 13.1. The molecule has 0 radical (unpaired) electrons. The number of carbonyl (C=O) groups is 1. The largest absolute Gasteiger partial charge is 0.388 e. The number of aliphatic hydroxyl groups is 1. The molecule has 2 aromatic rings. The number of aromatic nitrogens is 1. The molecule has 1 aromatic heterocycles. The maximum absolute atomic E-state index is 13.1. The zero-order valence-corrected chi connectivity index (χ0v) is 20.2. The average molecular weight is 459 g/mol. The van der Waals surface area contributed by atoms with Crippen LogP contribution in [0.25, 0.3) is 10.9 Å². The molecule has 1 aromatic carbocycles. The van der Waals surface area contributed by atoms with E-state index in [0.29, 0.717) is 29.0 Å². The third-order valence-electron chi connectivity index (χ3n) is 7.29. The lowest BCUT2D eigenvalue weighted by Gasteiger charge is -2.35. The molecule has 3 atom stereocenters. The lowest BCUT2D eigenvalue weighted by molar-refractivity contribution is -0.0109. The number of nitrogens with zero attached hydrogens (tertiary/aromatic N) is 3. The van der Waals surface area contributed by atoms with E-state index in [9.17, 15) is 9.90 Å². The summed E-state index contributed by atoms with van der Waals surface area (Å²) >= 11 is 6.45. The zero-order chi connectivity index (χ0) is 22.9. The summed E-state index contributed by atoms with van der Waals surface area (Å²) in [6.07, 6.45) is 4.67. The number of carbonyl (C=O) groups excluding carboxylic acids is 1. The summed E-state index contributed by atoms with van der Waals surface area (Å²) in [5, 5.41) is 15.0. The highest BCUT2D eigenvalue weighted by molar-refractivity contribution is 6.35. The number of amides is 1. The Bertz CT molecular complexity index is 984. The minimum atomic E-state index is -0.840. The Kier molecular flexibility index (Phi) is 6.94. The molecule has 2 aliphatic rings. The molecule has 4 rings (SSSR count). The minimum absolute atomic E-state index is 0.245. The van der Waals surface area contributed by atoms with Gasteiger partial charge in [0, 0.05) is 31.1 Å². The average Bonchev–Trinajstić information content (AvgIpc) is 3.27. The van der Waals surface area contributed by atoms with Crippen LogP contribution in [0.3, 0.4) is 0 Å². The number of anilines is 1.